The van der Waals surface area contributed by atoms with E-state index in [0.29, 0.717) is 0 Å². The first-order valence-electron chi connectivity index (χ1n) is 5.91. The first-order chi connectivity index (χ1) is 8.31. The number of aryl methyl sites for hydroxylation is 1. The SMILES string of the molecule is CCCc1cccc(C(N)c2ccncn2)c1. The molecule has 2 aromatic rings. The first kappa shape index (κ1) is 11.7. The van der Waals surface area contributed by atoms with Crippen LogP contribution >= 0.6 is 0 Å². The molecule has 0 fully saturated rings. The third kappa shape index (κ3) is 2.88. The summed E-state index contributed by atoms with van der Waals surface area (Å²) in [7, 11) is 0. The van der Waals surface area contributed by atoms with Gasteiger partial charge in [0.15, 0.2) is 0 Å². The van der Waals surface area contributed by atoms with Crippen molar-refractivity contribution in [1.82, 2.24) is 9.97 Å². The first-order valence-corrected chi connectivity index (χ1v) is 5.91. The van der Waals surface area contributed by atoms with Crippen molar-refractivity contribution in [3.8, 4) is 0 Å². The second kappa shape index (κ2) is 5.55. The molecule has 0 radical (unpaired) electrons. The molecule has 1 atom stereocenters. The van der Waals surface area contributed by atoms with Crippen molar-refractivity contribution in [2.75, 3.05) is 0 Å². The number of rotatable bonds is 4. The molecule has 0 aliphatic heterocycles. The van der Waals surface area contributed by atoms with Crippen LogP contribution in [-0.4, -0.2) is 9.97 Å². The van der Waals surface area contributed by atoms with Gasteiger partial charge in [-0.3, -0.25) is 0 Å². The molecule has 3 heteroatoms. The van der Waals surface area contributed by atoms with Gasteiger partial charge >= 0.3 is 0 Å². The van der Waals surface area contributed by atoms with Crippen molar-refractivity contribution in [3.05, 3.63) is 59.7 Å². The number of nitrogens with two attached hydrogens (primary N) is 1. The van der Waals surface area contributed by atoms with Gasteiger partial charge in [0.05, 0.1) is 11.7 Å². The molecule has 17 heavy (non-hydrogen) atoms. The third-order valence-electron chi connectivity index (χ3n) is 2.77. The van der Waals surface area contributed by atoms with Gasteiger partial charge in [-0.25, -0.2) is 9.97 Å². The van der Waals surface area contributed by atoms with Gasteiger partial charge in [0, 0.05) is 6.20 Å². The average Bonchev–Trinajstić information content (AvgIpc) is 2.40. The molecule has 88 valence electrons. The maximum Gasteiger partial charge on any atom is 0.115 e. The number of aromatic nitrogens is 2. The highest BCUT2D eigenvalue weighted by molar-refractivity contribution is 5.30. The Morgan fingerprint density at radius 3 is 2.88 bits per heavy atom. The van der Waals surface area contributed by atoms with Crippen LogP contribution in [0.15, 0.2) is 42.9 Å². The molecule has 3 nitrogen and oxygen atoms in total. The monoisotopic (exact) mass is 227 g/mol. The zero-order valence-corrected chi connectivity index (χ0v) is 10.0. The van der Waals surface area contributed by atoms with Crippen molar-refractivity contribution < 1.29 is 0 Å². The highest BCUT2D eigenvalue weighted by atomic mass is 14.8. The molecule has 0 amide bonds. The second-order valence-corrected chi connectivity index (χ2v) is 4.11. The van der Waals surface area contributed by atoms with Crippen LogP contribution in [0, 0.1) is 0 Å². The molecule has 1 aromatic carbocycles. The summed E-state index contributed by atoms with van der Waals surface area (Å²) in [6.07, 6.45) is 5.49. The summed E-state index contributed by atoms with van der Waals surface area (Å²) in [6.45, 7) is 2.18. The van der Waals surface area contributed by atoms with E-state index in [-0.39, 0.29) is 6.04 Å². The predicted molar refractivity (Wildman–Crippen MR) is 68.5 cm³/mol. The Labute approximate surface area is 102 Å². The van der Waals surface area contributed by atoms with Crippen LogP contribution in [0.25, 0.3) is 0 Å². The fourth-order valence-corrected chi connectivity index (χ4v) is 1.89. The molecular formula is C14H17N3. The zero-order valence-electron chi connectivity index (χ0n) is 10.0. The summed E-state index contributed by atoms with van der Waals surface area (Å²) in [5.41, 5.74) is 9.48. The van der Waals surface area contributed by atoms with Gasteiger partial charge in [-0.05, 0) is 23.6 Å². The third-order valence-corrected chi connectivity index (χ3v) is 2.77. The fraction of sp³-hybridized carbons (Fsp3) is 0.286. The highest BCUT2D eigenvalue weighted by Gasteiger charge is 2.09. The van der Waals surface area contributed by atoms with Crippen LogP contribution < -0.4 is 5.73 Å². The van der Waals surface area contributed by atoms with E-state index in [1.165, 1.54) is 11.9 Å². The Bertz CT molecular complexity index is 468. The van der Waals surface area contributed by atoms with Crippen molar-refractivity contribution >= 4 is 0 Å². The quantitative estimate of drug-likeness (QED) is 0.873. The maximum absolute atomic E-state index is 6.19. The number of hydrogen-bond acceptors (Lipinski definition) is 3. The topological polar surface area (TPSA) is 51.8 Å². The van der Waals surface area contributed by atoms with Crippen molar-refractivity contribution in [2.24, 2.45) is 5.73 Å². The van der Waals surface area contributed by atoms with Crippen molar-refractivity contribution in [1.29, 1.82) is 0 Å². The Kier molecular flexibility index (Phi) is 3.83. The fourth-order valence-electron chi connectivity index (χ4n) is 1.89. The highest BCUT2D eigenvalue weighted by Crippen LogP contribution is 2.18. The van der Waals surface area contributed by atoms with Crippen molar-refractivity contribution in [2.45, 2.75) is 25.8 Å². The molecule has 1 heterocycles. The molecular weight excluding hydrogens is 210 g/mol. The van der Waals surface area contributed by atoms with E-state index in [9.17, 15) is 0 Å². The Hall–Kier alpha value is -1.74. The van der Waals surface area contributed by atoms with Gasteiger partial charge in [-0.1, -0.05) is 37.6 Å². The lowest BCUT2D eigenvalue weighted by Gasteiger charge is -2.12. The molecule has 0 aliphatic carbocycles. The van der Waals surface area contributed by atoms with Gasteiger partial charge in [-0.2, -0.15) is 0 Å². The normalized spacial score (nSPS) is 12.4. The lowest BCUT2D eigenvalue weighted by Crippen LogP contribution is -2.13. The molecule has 0 spiro atoms. The lowest BCUT2D eigenvalue weighted by molar-refractivity contribution is 0.814. The minimum absolute atomic E-state index is 0.171. The molecule has 0 aliphatic rings. The van der Waals surface area contributed by atoms with Gasteiger partial charge in [0.1, 0.15) is 6.33 Å². The number of benzene rings is 1. The van der Waals surface area contributed by atoms with Gasteiger partial charge < -0.3 is 5.73 Å². The van der Waals surface area contributed by atoms with Crippen molar-refractivity contribution in [3.63, 3.8) is 0 Å². The van der Waals surface area contributed by atoms with Crippen LogP contribution in [0.5, 0.6) is 0 Å². The largest absolute Gasteiger partial charge is 0.319 e. The second-order valence-electron chi connectivity index (χ2n) is 4.11. The number of nitrogens with zero attached hydrogens (tertiary/aromatic N) is 2. The van der Waals surface area contributed by atoms with E-state index in [4.69, 9.17) is 5.73 Å². The van der Waals surface area contributed by atoms with E-state index in [0.717, 1.165) is 24.1 Å². The Morgan fingerprint density at radius 2 is 2.18 bits per heavy atom. The Morgan fingerprint density at radius 1 is 1.29 bits per heavy atom. The summed E-state index contributed by atoms with van der Waals surface area (Å²) < 4.78 is 0. The summed E-state index contributed by atoms with van der Waals surface area (Å²) in [5.74, 6) is 0. The molecule has 0 saturated heterocycles. The average molecular weight is 227 g/mol. The minimum atomic E-state index is -0.171. The minimum Gasteiger partial charge on any atom is -0.319 e. The molecule has 2 rings (SSSR count). The van der Waals surface area contributed by atoms with E-state index in [1.807, 2.05) is 12.1 Å². The van der Waals surface area contributed by atoms with Crippen LogP contribution in [0.1, 0.15) is 36.2 Å². The van der Waals surface area contributed by atoms with E-state index >= 15 is 0 Å². The summed E-state index contributed by atoms with van der Waals surface area (Å²) in [4.78, 5) is 8.10. The van der Waals surface area contributed by atoms with Gasteiger partial charge in [-0.15, -0.1) is 0 Å². The van der Waals surface area contributed by atoms with Crippen LogP contribution in [0.2, 0.25) is 0 Å². The van der Waals surface area contributed by atoms with Crippen LogP contribution in [-0.2, 0) is 6.42 Å². The summed E-state index contributed by atoms with van der Waals surface area (Å²) in [6, 6.07) is 10.1. The maximum atomic E-state index is 6.19. The smallest absolute Gasteiger partial charge is 0.115 e. The molecule has 1 unspecified atom stereocenters. The standard InChI is InChI=1S/C14H17N3/c1-2-4-11-5-3-6-12(9-11)14(15)13-7-8-16-10-17-13/h3,5-10,14H,2,4,15H2,1H3. The zero-order chi connectivity index (χ0) is 12.1. The van der Waals surface area contributed by atoms with Gasteiger partial charge in [0.2, 0.25) is 0 Å². The molecule has 0 saturated carbocycles. The van der Waals surface area contributed by atoms with E-state index in [1.54, 1.807) is 6.20 Å². The number of hydrogen-bond donors (Lipinski definition) is 1. The summed E-state index contributed by atoms with van der Waals surface area (Å²) >= 11 is 0. The lowest BCUT2D eigenvalue weighted by atomic mass is 10.0. The molecule has 0 bridgehead atoms. The van der Waals surface area contributed by atoms with E-state index in [2.05, 4.69) is 35.1 Å². The molecule has 2 N–H and O–H groups in total. The van der Waals surface area contributed by atoms with Crippen LogP contribution in [0.4, 0.5) is 0 Å². The summed E-state index contributed by atoms with van der Waals surface area (Å²) in [5, 5.41) is 0. The van der Waals surface area contributed by atoms with Gasteiger partial charge in [0.25, 0.3) is 0 Å². The Balaban J connectivity index is 2.25. The predicted octanol–water partition coefficient (Wildman–Crippen LogP) is 2.48. The van der Waals surface area contributed by atoms with Crippen LogP contribution in [0.3, 0.4) is 0 Å². The van der Waals surface area contributed by atoms with E-state index < -0.39 is 0 Å². The molecule has 1 aromatic heterocycles.